The number of amides is 1. The van der Waals surface area contributed by atoms with E-state index in [2.05, 4.69) is 0 Å². The fourth-order valence-corrected chi connectivity index (χ4v) is 5.55. The predicted molar refractivity (Wildman–Crippen MR) is 104 cm³/mol. The van der Waals surface area contributed by atoms with Gasteiger partial charge in [0.05, 0.1) is 22.2 Å². The van der Waals surface area contributed by atoms with E-state index in [1.165, 1.54) is 6.07 Å². The van der Waals surface area contributed by atoms with Gasteiger partial charge in [-0.15, -0.1) is 0 Å². The van der Waals surface area contributed by atoms with E-state index in [1.807, 2.05) is 0 Å². The summed E-state index contributed by atoms with van der Waals surface area (Å²) in [7, 11) is 0. The second-order valence-corrected chi connectivity index (χ2v) is 8.81. The summed E-state index contributed by atoms with van der Waals surface area (Å²) in [6.45, 7) is 1.65. The minimum atomic E-state index is -2.95. The summed E-state index contributed by atoms with van der Waals surface area (Å²) >= 11 is 6.03. The molecule has 2 unspecified atom stereocenters. The van der Waals surface area contributed by atoms with Crippen LogP contribution >= 0.6 is 11.6 Å². The highest BCUT2D eigenvalue weighted by molar-refractivity contribution is 6.35. The van der Waals surface area contributed by atoms with Gasteiger partial charge in [0.2, 0.25) is 5.91 Å². The Kier molecular flexibility index (Phi) is 4.55. The van der Waals surface area contributed by atoms with Crippen molar-refractivity contribution in [3.63, 3.8) is 0 Å². The molecule has 0 spiro atoms. The second kappa shape index (κ2) is 6.59. The molecule has 10 nitrogen and oxygen atoms in total. The van der Waals surface area contributed by atoms with Gasteiger partial charge < -0.3 is 26.8 Å². The largest absolute Gasteiger partial charge is 0.505 e. The van der Waals surface area contributed by atoms with Crippen molar-refractivity contribution in [2.45, 2.75) is 31.0 Å². The van der Waals surface area contributed by atoms with Gasteiger partial charge in [-0.05, 0) is 29.9 Å². The van der Waals surface area contributed by atoms with Gasteiger partial charge in [0.1, 0.15) is 6.10 Å². The molecule has 164 valence electrons. The number of phenols is 1. The van der Waals surface area contributed by atoms with Gasteiger partial charge >= 0.3 is 0 Å². The Morgan fingerprint density at radius 1 is 1.23 bits per heavy atom. The van der Waals surface area contributed by atoms with Gasteiger partial charge in [-0.1, -0.05) is 18.5 Å². The Morgan fingerprint density at radius 3 is 2.42 bits per heavy atom. The molecule has 0 radical (unpaired) electrons. The van der Waals surface area contributed by atoms with Crippen molar-refractivity contribution in [2.75, 3.05) is 5.73 Å². The van der Waals surface area contributed by atoms with Crippen LogP contribution in [0.4, 0.5) is 5.69 Å². The van der Waals surface area contributed by atoms with Crippen LogP contribution in [0.25, 0.3) is 0 Å². The number of hydrogen-bond acceptors (Lipinski definition) is 9. The third-order valence-corrected chi connectivity index (χ3v) is 7.32. The van der Waals surface area contributed by atoms with Gasteiger partial charge in [-0.25, -0.2) is 0 Å². The van der Waals surface area contributed by atoms with Crippen LogP contribution in [0, 0.1) is 23.7 Å². The molecule has 2 fully saturated rings. The third kappa shape index (κ3) is 2.49. The van der Waals surface area contributed by atoms with E-state index in [4.69, 9.17) is 23.1 Å². The fourth-order valence-electron chi connectivity index (χ4n) is 5.34. The molecule has 1 aromatic rings. The van der Waals surface area contributed by atoms with Crippen LogP contribution in [-0.2, 0) is 19.2 Å². The Balaban J connectivity index is 1.90. The SMILES string of the molecule is C[C@H]1c2cc(Cl)c(N)c(O)c2C(=O)C2C(=O)[C@]3(O)C(=O)C(C(N)=O)C(=O)[C@H](O)[C@@H]3C[C@@H]21. The number of aliphatic hydroxyl groups is 2. The number of anilines is 1. The molecule has 4 rings (SSSR count). The Labute approximate surface area is 180 Å². The van der Waals surface area contributed by atoms with Crippen LogP contribution in [0.15, 0.2) is 6.07 Å². The first-order valence-corrected chi connectivity index (χ1v) is 9.90. The highest BCUT2D eigenvalue weighted by Gasteiger charge is 2.69. The first-order chi connectivity index (χ1) is 14.3. The number of primary amides is 1. The quantitative estimate of drug-likeness (QED) is 0.204. The van der Waals surface area contributed by atoms with Gasteiger partial charge in [0, 0.05) is 5.92 Å². The van der Waals surface area contributed by atoms with Crippen molar-refractivity contribution in [2.24, 2.45) is 29.4 Å². The summed E-state index contributed by atoms with van der Waals surface area (Å²) in [6.07, 6.45) is -2.25. The number of nitrogen functional groups attached to an aromatic ring is 1. The maximum atomic E-state index is 13.4. The molecule has 2 saturated carbocycles. The van der Waals surface area contributed by atoms with Gasteiger partial charge in [-0.3, -0.25) is 24.0 Å². The van der Waals surface area contributed by atoms with E-state index in [1.54, 1.807) is 6.92 Å². The second-order valence-electron chi connectivity index (χ2n) is 8.40. The molecule has 0 aromatic heterocycles. The van der Waals surface area contributed by atoms with E-state index in [0.29, 0.717) is 5.56 Å². The van der Waals surface area contributed by atoms with Crippen LogP contribution in [0.2, 0.25) is 5.02 Å². The highest BCUT2D eigenvalue weighted by Crippen LogP contribution is 2.55. The first-order valence-electron chi connectivity index (χ1n) is 9.52. The fraction of sp³-hybridized carbons (Fsp3) is 0.450. The number of Topliss-reactive ketones (excluding diaryl/α,β-unsaturated/α-hetero) is 4. The van der Waals surface area contributed by atoms with E-state index in [0.717, 1.165) is 0 Å². The molecule has 0 heterocycles. The maximum absolute atomic E-state index is 13.4. The van der Waals surface area contributed by atoms with Crippen LogP contribution in [0.1, 0.15) is 35.2 Å². The smallest absolute Gasteiger partial charge is 0.235 e. The lowest BCUT2D eigenvalue weighted by atomic mass is 9.51. The van der Waals surface area contributed by atoms with Crippen molar-refractivity contribution in [1.82, 2.24) is 0 Å². The number of carbonyl (C=O) groups excluding carboxylic acids is 5. The number of nitrogens with two attached hydrogens (primary N) is 2. The van der Waals surface area contributed by atoms with E-state index in [-0.39, 0.29) is 22.7 Å². The lowest BCUT2D eigenvalue weighted by molar-refractivity contribution is -0.186. The van der Waals surface area contributed by atoms with Crippen molar-refractivity contribution < 1.29 is 39.3 Å². The molecular weight excluding hydrogens is 432 g/mol. The lowest BCUT2D eigenvalue weighted by Gasteiger charge is -2.51. The Bertz CT molecular complexity index is 1100. The number of hydrogen-bond donors (Lipinski definition) is 5. The monoisotopic (exact) mass is 450 g/mol. The number of carbonyl (C=O) groups is 5. The average Bonchev–Trinajstić information content (AvgIpc) is 2.70. The predicted octanol–water partition coefficient (Wildman–Crippen LogP) is -0.906. The zero-order valence-corrected chi connectivity index (χ0v) is 16.9. The van der Waals surface area contributed by atoms with E-state index >= 15 is 0 Å². The summed E-state index contributed by atoms with van der Waals surface area (Å²) in [5, 5.41) is 32.0. The molecule has 31 heavy (non-hydrogen) atoms. The number of aromatic hydroxyl groups is 1. The van der Waals surface area contributed by atoms with Gasteiger partial charge in [0.15, 0.2) is 40.4 Å². The number of benzene rings is 1. The molecule has 7 N–H and O–H groups in total. The molecule has 0 bridgehead atoms. The third-order valence-electron chi connectivity index (χ3n) is 7.01. The van der Waals surface area contributed by atoms with Crippen molar-refractivity contribution >= 4 is 46.3 Å². The summed E-state index contributed by atoms with van der Waals surface area (Å²) < 4.78 is 0. The minimum absolute atomic E-state index is 0.000322. The number of phenolic OH excluding ortho intramolecular Hbond substituents is 1. The van der Waals surface area contributed by atoms with Crippen LogP contribution in [0.3, 0.4) is 0 Å². The lowest BCUT2D eigenvalue weighted by Crippen LogP contribution is -2.72. The molecule has 1 aromatic carbocycles. The maximum Gasteiger partial charge on any atom is 0.235 e. The summed E-state index contributed by atoms with van der Waals surface area (Å²) in [5.41, 5.74) is 7.67. The molecule has 7 atom stereocenters. The van der Waals surface area contributed by atoms with Crippen molar-refractivity contribution in [3.05, 3.63) is 22.2 Å². The molecule has 3 aliphatic carbocycles. The number of fused-ring (bicyclic) bond motifs is 3. The topological polar surface area (TPSA) is 198 Å². The van der Waals surface area contributed by atoms with E-state index in [9.17, 15) is 39.3 Å². The average molecular weight is 451 g/mol. The van der Waals surface area contributed by atoms with E-state index < -0.39 is 76.1 Å². The van der Waals surface area contributed by atoms with Crippen LogP contribution < -0.4 is 11.5 Å². The molecule has 11 heteroatoms. The van der Waals surface area contributed by atoms with Gasteiger partial charge in [0.25, 0.3) is 0 Å². The molecule has 0 saturated heterocycles. The standard InChI is InChI=1S/C20H19ClN2O8/c1-4-5-2-7-13(24)16(27)11(19(23)30)18(29)20(7,31)17(28)10(5)14(25)9-6(4)3-8(21)12(22)15(9)26/h3-5,7,10-11,13,24,26,31H,2,22H2,1H3,(H2,23,30)/t4-,5-,7+,10?,11?,13-,20+/m1/s1. The number of rotatable bonds is 1. The minimum Gasteiger partial charge on any atom is -0.505 e. The van der Waals surface area contributed by atoms with Crippen molar-refractivity contribution in [3.8, 4) is 5.75 Å². The van der Waals surface area contributed by atoms with Crippen molar-refractivity contribution in [1.29, 1.82) is 0 Å². The molecular formula is C20H19ClN2O8. The molecule has 3 aliphatic rings. The summed E-state index contributed by atoms with van der Waals surface area (Å²) in [6, 6.07) is 1.40. The number of aliphatic hydroxyl groups excluding tert-OH is 1. The zero-order chi connectivity index (χ0) is 23.2. The Morgan fingerprint density at radius 2 is 1.84 bits per heavy atom. The number of ketones is 4. The zero-order valence-electron chi connectivity index (χ0n) is 16.2. The summed E-state index contributed by atoms with van der Waals surface area (Å²) in [5.74, 6) is -13.5. The normalized spacial score (nSPS) is 37.2. The summed E-state index contributed by atoms with van der Waals surface area (Å²) in [4.78, 5) is 63.5. The molecule has 1 amide bonds. The van der Waals surface area contributed by atoms with Crippen LogP contribution in [0.5, 0.6) is 5.75 Å². The highest BCUT2D eigenvalue weighted by atomic mass is 35.5. The first kappa shape index (κ1) is 21.4. The number of halogens is 1. The molecule has 0 aliphatic heterocycles. The Hall–Kier alpha value is -2.82. The van der Waals surface area contributed by atoms with Crippen LogP contribution in [-0.4, -0.2) is 56.1 Å². The van der Waals surface area contributed by atoms with Gasteiger partial charge in [-0.2, -0.15) is 0 Å².